The van der Waals surface area contributed by atoms with Gasteiger partial charge < -0.3 is 15.8 Å². The molecule has 1 fully saturated rings. The average Bonchev–Trinajstić information content (AvgIpc) is 2.20. The van der Waals surface area contributed by atoms with Gasteiger partial charge in [0, 0.05) is 0 Å². The first-order chi connectivity index (χ1) is 7.13. The number of carbonyl (C=O) groups excluding carboxylic acids is 2. The fourth-order valence-corrected chi connectivity index (χ4v) is 1.79. The number of hydrogen-bond donors (Lipinski definition) is 2. The van der Waals surface area contributed by atoms with E-state index in [1.54, 1.807) is 0 Å². The molecule has 2 amide bonds. The van der Waals surface area contributed by atoms with Crippen molar-refractivity contribution in [1.29, 1.82) is 0 Å². The van der Waals surface area contributed by atoms with Crippen LogP contribution in [0.15, 0.2) is 12.7 Å². The van der Waals surface area contributed by atoms with Crippen molar-refractivity contribution in [2.45, 2.75) is 37.8 Å². The van der Waals surface area contributed by atoms with Crippen LogP contribution in [0.25, 0.3) is 0 Å². The number of primary amides is 1. The second-order valence-electron chi connectivity index (χ2n) is 3.58. The number of carbonyl (C=O) groups is 2. The third kappa shape index (κ3) is 3.61. The molecule has 3 N–H and O–H groups in total. The van der Waals surface area contributed by atoms with E-state index in [1.165, 1.54) is 6.08 Å². The highest BCUT2D eigenvalue weighted by Crippen LogP contribution is 2.21. The molecule has 0 saturated heterocycles. The third-order valence-corrected chi connectivity index (χ3v) is 2.48. The Bertz CT molecular complexity index is 265. The van der Waals surface area contributed by atoms with Crippen molar-refractivity contribution in [3.8, 4) is 0 Å². The van der Waals surface area contributed by atoms with Crippen molar-refractivity contribution < 1.29 is 14.3 Å². The van der Waals surface area contributed by atoms with E-state index in [0.29, 0.717) is 0 Å². The summed E-state index contributed by atoms with van der Waals surface area (Å²) in [6.45, 7) is 3.37. The molecule has 2 atom stereocenters. The van der Waals surface area contributed by atoms with Gasteiger partial charge in [0.1, 0.15) is 6.10 Å². The fourth-order valence-electron chi connectivity index (χ4n) is 1.79. The lowest BCUT2D eigenvalue weighted by Gasteiger charge is -2.30. The minimum absolute atomic E-state index is 0.142. The predicted molar refractivity (Wildman–Crippen MR) is 55.1 cm³/mol. The molecular weight excluding hydrogens is 196 g/mol. The van der Waals surface area contributed by atoms with Gasteiger partial charge in [-0.25, -0.2) is 4.79 Å². The van der Waals surface area contributed by atoms with Gasteiger partial charge in [-0.3, -0.25) is 4.79 Å². The molecule has 5 heteroatoms. The van der Waals surface area contributed by atoms with Gasteiger partial charge in [0.05, 0.1) is 6.04 Å². The zero-order chi connectivity index (χ0) is 11.3. The summed E-state index contributed by atoms with van der Waals surface area (Å²) in [6, 6.07) is -0.142. The number of ether oxygens (including phenoxy) is 1. The van der Waals surface area contributed by atoms with Gasteiger partial charge in [-0.05, 0) is 25.3 Å². The lowest BCUT2D eigenvalue weighted by atomic mass is 9.92. The molecule has 1 aliphatic rings. The quantitative estimate of drug-likeness (QED) is 0.675. The summed E-state index contributed by atoms with van der Waals surface area (Å²) in [5.41, 5.74) is 4.95. The van der Waals surface area contributed by atoms with Crippen molar-refractivity contribution in [3.05, 3.63) is 12.7 Å². The highest BCUT2D eigenvalue weighted by molar-refractivity contribution is 5.87. The van der Waals surface area contributed by atoms with Crippen LogP contribution in [0.5, 0.6) is 0 Å². The highest BCUT2D eigenvalue weighted by atomic mass is 16.6. The Morgan fingerprint density at radius 3 is 2.67 bits per heavy atom. The Morgan fingerprint density at radius 1 is 1.40 bits per heavy atom. The van der Waals surface area contributed by atoms with Crippen LogP contribution in [-0.2, 0) is 9.53 Å². The van der Waals surface area contributed by atoms with Crippen molar-refractivity contribution in [1.82, 2.24) is 5.32 Å². The fraction of sp³-hybridized carbons (Fsp3) is 0.600. The van der Waals surface area contributed by atoms with Crippen molar-refractivity contribution in [2.75, 3.05) is 0 Å². The predicted octanol–water partition coefficient (Wildman–Crippen LogP) is 0.695. The molecule has 0 aliphatic heterocycles. The minimum atomic E-state index is -0.792. The lowest BCUT2D eigenvalue weighted by Crippen LogP contribution is -2.47. The van der Waals surface area contributed by atoms with Crippen molar-refractivity contribution in [3.63, 3.8) is 0 Å². The third-order valence-electron chi connectivity index (χ3n) is 2.48. The van der Waals surface area contributed by atoms with Crippen LogP contribution in [0.2, 0.25) is 0 Å². The zero-order valence-corrected chi connectivity index (χ0v) is 8.57. The number of rotatable bonds is 3. The van der Waals surface area contributed by atoms with Gasteiger partial charge in [-0.1, -0.05) is 13.0 Å². The Hall–Kier alpha value is -1.52. The van der Waals surface area contributed by atoms with Crippen LogP contribution in [0, 0.1) is 0 Å². The summed E-state index contributed by atoms with van der Waals surface area (Å²) < 4.78 is 4.94. The van der Waals surface area contributed by atoms with Crippen LogP contribution in [0.3, 0.4) is 0 Å². The lowest BCUT2D eigenvalue weighted by molar-refractivity contribution is -0.118. The van der Waals surface area contributed by atoms with Crippen LogP contribution in [0.4, 0.5) is 4.79 Å². The summed E-state index contributed by atoms with van der Waals surface area (Å²) >= 11 is 0. The molecular formula is C10H16N2O3. The SMILES string of the molecule is C=CC(=O)N[C@H]1CCCC[C@H]1OC(N)=O. The molecule has 5 nitrogen and oxygen atoms in total. The van der Waals surface area contributed by atoms with Crippen molar-refractivity contribution in [2.24, 2.45) is 5.73 Å². The molecule has 0 unspecified atom stereocenters. The Kier molecular flexibility index (Phi) is 4.15. The second kappa shape index (κ2) is 5.38. The second-order valence-corrected chi connectivity index (χ2v) is 3.58. The molecule has 1 aliphatic carbocycles. The minimum Gasteiger partial charge on any atom is -0.444 e. The van der Waals surface area contributed by atoms with E-state index < -0.39 is 6.09 Å². The summed E-state index contributed by atoms with van der Waals surface area (Å²) in [6.07, 6.45) is 3.65. The first-order valence-electron chi connectivity index (χ1n) is 5.02. The van der Waals surface area contributed by atoms with Gasteiger partial charge in [-0.15, -0.1) is 0 Å². The van der Waals surface area contributed by atoms with E-state index in [9.17, 15) is 9.59 Å². The monoisotopic (exact) mass is 212 g/mol. The Balaban J connectivity index is 2.52. The first-order valence-corrected chi connectivity index (χ1v) is 5.02. The number of hydrogen-bond acceptors (Lipinski definition) is 3. The maximum Gasteiger partial charge on any atom is 0.404 e. The average molecular weight is 212 g/mol. The molecule has 0 aromatic heterocycles. The van der Waals surface area contributed by atoms with E-state index in [1.807, 2.05) is 0 Å². The molecule has 84 valence electrons. The Morgan fingerprint density at radius 2 is 2.07 bits per heavy atom. The molecule has 1 rings (SSSR count). The van der Waals surface area contributed by atoms with Crippen LogP contribution in [-0.4, -0.2) is 24.1 Å². The van der Waals surface area contributed by atoms with E-state index in [0.717, 1.165) is 25.7 Å². The highest BCUT2D eigenvalue weighted by Gasteiger charge is 2.28. The van der Waals surface area contributed by atoms with Crippen LogP contribution < -0.4 is 11.1 Å². The number of nitrogens with one attached hydrogen (secondary N) is 1. The number of amides is 2. The van der Waals surface area contributed by atoms with Gasteiger partial charge in [0.15, 0.2) is 0 Å². The normalized spacial score (nSPS) is 25.3. The molecule has 0 aromatic carbocycles. The summed E-state index contributed by atoms with van der Waals surface area (Å²) in [5, 5.41) is 2.73. The molecule has 0 spiro atoms. The van der Waals surface area contributed by atoms with E-state index in [2.05, 4.69) is 11.9 Å². The molecule has 15 heavy (non-hydrogen) atoms. The molecule has 0 aromatic rings. The zero-order valence-electron chi connectivity index (χ0n) is 8.57. The molecule has 0 radical (unpaired) electrons. The molecule has 1 saturated carbocycles. The topological polar surface area (TPSA) is 81.4 Å². The van der Waals surface area contributed by atoms with E-state index in [4.69, 9.17) is 10.5 Å². The largest absolute Gasteiger partial charge is 0.444 e. The summed E-state index contributed by atoms with van der Waals surface area (Å²) in [5.74, 6) is -0.250. The summed E-state index contributed by atoms with van der Waals surface area (Å²) in [4.78, 5) is 21.7. The summed E-state index contributed by atoms with van der Waals surface area (Å²) in [7, 11) is 0. The maximum absolute atomic E-state index is 11.1. The number of nitrogens with two attached hydrogens (primary N) is 1. The first kappa shape index (κ1) is 11.6. The maximum atomic E-state index is 11.1. The van der Waals surface area contributed by atoms with Gasteiger partial charge in [0.2, 0.25) is 5.91 Å². The van der Waals surface area contributed by atoms with E-state index in [-0.39, 0.29) is 18.1 Å². The molecule has 0 bridgehead atoms. The van der Waals surface area contributed by atoms with Gasteiger partial charge >= 0.3 is 6.09 Å². The van der Waals surface area contributed by atoms with Crippen molar-refractivity contribution >= 4 is 12.0 Å². The van der Waals surface area contributed by atoms with E-state index >= 15 is 0 Å². The molecule has 0 heterocycles. The Labute approximate surface area is 88.7 Å². The van der Waals surface area contributed by atoms with Gasteiger partial charge in [-0.2, -0.15) is 0 Å². The smallest absolute Gasteiger partial charge is 0.404 e. The van der Waals surface area contributed by atoms with Gasteiger partial charge in [0.25, 0.3) is 0 Å². The van der Waals surface area contributed by atoms with Crippen LogP contribution in [0.1, 0.15) is 25.7 Å². The standard InChI is InChI=1S/C10H16N2O3/c1-2-9(13)12-7-5-3-4-6-8(7)15-10(11)14/h2,7-8H,1,3-6H2,(H2,11,14)(H,12,13)/t7-,8+/m0/s1. The van der Waals surface area contributed by atoms with Crippen LogP contribution >= 0.6 is 0 Å².